The number of nitrogens with two attached hydrogens (primary N) is 1. The second-order valence-corrected chi connectivity index (χ2v) is 10.4. The molecular formula is C32H33NO4S. The van der Waals surface area contributed by atoms with Crippen molar-refractivity contribution < 1.29 is 19.3 Å². The van der Waals surface area contributed by atoms with Crippen molar-refractivity contribution in [2.24, 2.45) is 5.73 Å². The Bertz CT molecular complexity index is 1340. The molecule has 1 saturated heterocycles. The van der Waals surface area contributed by atoms with Gasteiger partial charge in [0, 0.05) is 29.2 Å². The van der Waals surface area contributed by atoms with Gasteiger partial charge >= 0.3 is 0 Å². The molecular weight excluding hydrogens is 494 g/mol. The Labute approximate surface area is 228 Å². The smallest absolute Gasteiger partial charge is 0.184 e. The van der Waals surface area contributed by atoms with Gasteiger partial charge in [0.2, 0.25) is 0 Å². The highest BCUT2D eigenvalue weighted by Gasteiger charge is 2.32. The van der Waals surface area contributed by atoms with Gasteiger partial charge in [-0.25, -0.2) is 0 Å². The monoisotopic (exact) mass is 527 g/mol. The van der Waals surface area contributed by atoms with E-state index in [1.54, 1.807) is 18.9 Å². The van der Waals surface area contributed by atoms with Crippen LogP contribution in [0.2, 0.25) is 0 Å². The zero-order chi connectivity index (χ0) is 26.3. The number of aliphatic hydroxyl groups is 1. The molecule has 5 rings (SSSR count). The molecule has 38 heavy (non-hydrogen) atoms. The summed E-state index contributed by atoms with van der Waals surface area (Å²) < 4.78 is 18.7. The molecule has 0 radical (unpaired) electrons. The van der Waals surface area contributed by atoms with Crippen LogP contribution in [0.5, 0.6) is 5.75 Å². The fourth-order valence-corrected chi connectivity index (χ4v) is 5.73. The summed E-state index contributed by atoms with van der Waals surface area (Å²) in [7, 11) is 1.70. The van der Waals surface area contributed by atoms with Crippen LogP contribution < -0.4 is 10.5 Å². The molecule has 196 valence electrons. The van der Waals surface area contributed by atoms with E-state index in [4.69, 9.17) is 19.9 Å². The van der Waals surface area contributed by atoms with Crippen molar-refractivity contribution in [3.8, 4) is 16.9 Å². The van der Waals surface area contributed by atoms with Crippen LogP contribution in [0.4, 0.5) is 0 Å². The van der Waals surface area contributed by atoms with Gasteiger partial charge in [-0.15, -0.1) is 11.8 Å². The second-order valence-electron chi connectivity index (χ2n) is 9.34. The highest BCUT2D eigenvalue weighted by Crippen LogP contribution is 2.41. The van der Waals surface area contributed by atoms with Crippen LogP contribution in [-0.2, 0) is 22.6 Å². The minimum atomic E-state index is -0.507. The lowest BCUT2D eigenvalue weighted by Crippen LogP contribution is -2.31. The van der Waals surface area contributed by atoms with Crippen LogP contribution in [0.1, 0.15) is 41.1 Å². The molecule has 0 spiro atoms. The van der Waals surface area contributed by atoms with Crippen molar-refractivity contribution in [2.75, 3.05) is 12.9 Å². The molecule has 3 N–H and O–H groups in total. The molecule has 0 bridgehead atoms. The SMILES string of the molecule is COc1ccccc1SCC1CC(c2ccc(CO)cc2)OC(c2cccc(-c3cccc(CN)c3)c2)O1. The van der Waals surface area contributed by atoms with Gasteiger partial charge in [0.05, 0.1) is 25.9 Å². The number of hydrogen-bond acceptors (Lipinski definition) is 6. The van der Waals surface area contributed by atoms with Crippen molar-refractivity contribution in [3.63, 3.8) is 0 Å². The third-order valence-electron chi connectivity index (χ3n) is 6.76. The standard InChI is InChI=1S/C32H33NO4S/c1-35-29-10-2-3-11-31(29)38-21-28-18-30(24-14-12-22(20-34)13-15-24)37-32(36-28)27-9-5-8-26(17-27)25-7-4-6-23(16-25)19-33/h2-17,28,30,32,34H,18-21,33H2,1H3. The summed E-state index contributed by atoms with van der Waals surface area (Å²) in [5.41, 5.74) is 12.1. The third-order valence-corrected chi connectivity index (χ3v) is 7.95. The van der Waals surface area contributed by atoms with Crippen LogP contribution in [0.15, 0.2) is 102 Å². The minimum Gasteiger partial charge on any atom is -0.496 e. The van der Waals surface area contributed by atoms with Crippen LogP contribution in [0.25, 0.3) is 11.1 Å². The molecule has 0 aliphatic carbocycles. The van der Waals surface area contributed by atoms with Gasteiger partial charge in [-0.05, 0) is 52.1 Å². The number of methoxy groups -OCH3 is 1. The van der Waals surface area contributed by atoms with Crippen LogP contribution >= 0.6 is 11.8 Å². The van der Waals surface area contributed by atoms with Crippen molar-refractivity contribution in [1.82, 2.24) is 0 Å². The van der Waals surface area contributed by atoms with Gasteiger partial charge in [0.1, 0.15) is 5.75 Å². The maximum Gasteiger partial charge on any atom is 0.184 e. The van der Waals surface area contributed by atoms with E-state index >= 15 is 0 Å². The molecule has 3 atom stereocenters. The maximum absolute atomic E-state index is 9.47. The van der Waals surface area contributed by atoms with Crippen molar-refractivity contribution in [3.05, 3.63) is 119 Å². The predicted octanol–water partition coefficient (Wildman–Crippen LogP) is 6.65. The van der Waals surface area contributed by atoms with Gasteiger partial charge in [0.15, 0.2) is 6.29 Å². The van der Waals surface area contributed by atoms with E-state index < -0.39 is 6.29 Å². The summed E-state index contributed by atoms with van der Waals surface area (Å²) >= 11 is 1.73. The average Bonchev–Trinajstić information content (AvgIpc) is 3.00. The first-order chi connectivity index (χ1) is 18.7. The molecule has 0 saturated carbocycles. The van der Waals surface area contributed by atoms with E-state index in [1.165, 1.54) is 0 Å². The largest absolute Gasteiger partial charge is 0.496 e. The Hall–Kier alpha value is -3.13. The van der Waals surface area contributed by atoms with E-state index in [2.05, 4.69) is 36.4 Å². The number of thioether (sulfide) groups is 1. The molecule has 1 fully saturated rings. The van der Waals surface area contributed by atoms with E-state index in [1.807, 2.05) is 60.7 Å². The molecule has 0 aromatic heterocycles. The van der Waals surface area contributed by atoms with Crippen LogP contribution in [0.3, 0.4) is 0 Å². The molecule has 1 aliphatic rings. The number of aliphatic hydroxyl groups excluding tert-OH is 1. The molecule has 4 aromatic rings. The quantitative estimate of drug-likeness (QED) is 0.237. The molecule has 3 unspecified atom stereocenters. The van der Waals surface area contributed by atoms with E-state index in [9.17, 15) is 5.11 Å². The summed E-state index contributed by atoms with van der Waals surface area (Å²) in [4.78, 5) is 1.09. The van der Waals surface area contributed by atoms with Gasteiger partial charge in [-0.3, -0.25) is 0 Å². The lowest BCUT2D eigenvalue weighted by molar-refractivity contribution is -0.245. The first kappa shape index (κ1) is 26.5. The first-order valence-electron chi connectivity index (χ1n) is 12.8. The van der Waals surface area contributed by atoms with Gasteiger partial charge < -0.3 is 25.1 Å². The average molecular weight is 528 g/mol. The molecule has 6 heteroatoms. The third kappa shape index (κ3) is 6.29. The Kier molecular flexibility index (Phi) is 8.79. The second kappa shape index (κ2) is 12.6. The molecule has 1 heterocycles. The highest BCUT2D eigenvalue weighted by atomic mass is 32.2. The fourth-order valence-electron chi connectivity index (χ4n) is 4.69. The number of para-hydroxylation sites is 1. The first-order valence-corrected chi connectivity index (χ1v) is 13.8. The summed E-state index contributed by atoms with van der Waals surface area (Å²) in [6, 6.07) is 32.7. The zero-order valence-corrected chi connectivity index (χ0v) is 22.3. The van der Waals surface area contributed by atoms with E-state index in [0.29, 0.717) is 6.54 Å². The van der Waals surface area contributed by atoms with Crippen molar-refractivity contribution in [2.45, 2.75) is 43.0 Å². The zero-order valence-electron chi connectivity index (χ0n) is 21.5. The number of ether oxygens (including phenoxy) is 3. The van der Waals surface area contributed by atoms with Gasteiger partial charge in [-0.2, -0.15) is 0 Å². The normalized spacial score (nSPS) is 19.3. The molecule has 0 amide bonds. The van der Waals surface area contributed by atoms with Gasteiger partial charge in [-0.1, -0.05) is 72.8 Å². The van der Waals surface area contributed by atoms with E-state index in [0.717, 1.165) is 56.2 Å². The maximum atomic E-state index is 9.47. The van der Waals surface area contributed by atoms with Crippen LogP contribution in [-0.4, -0.2) is 24.1 Å². The number of hydrogen-bond donors (Lipinski definition) is 2. The Morgan fingerprint density at radius 1 is 0.842 bits per heavy atom. The predicted molar refractivity (Wildman–Crippen MR) is 152 cm³/mol. The lowest BCUT2D eigenvalue weighted by atomic mass is 9.99. The van der Waals surface area contributed by atoms with Gasteiger partial charge in [0.25, 0.3) is 0 Å². The molecule has 5 nitrogen and oxygen atoms in total. The summed E-state index contributed by atoms with van der Waals surface area (Å²) in [5, 5.41) is 9.47. The number of benzene rings is 4. The highest BCUT2D eigenvalue weighted by molar-refractivity contribution is 7.99. The summed E-state index contributed by atoms with van der Waals surface area (Å²) in [6.45, 7) is 0.526. The Morgan fingerprint density at radius 3 is 2.37 bits per heavy atom. The van der Waals surface area contributed by atoms with E-state index in [-0.39, 0.29) is 18.8 Å². The minimum absolute atomic E-state index is 0.0217. The summed E-state index contributed by atoms with van der Waals surface area (Å²) in [5.74, 6) is 1.63. The van der Waals surface area contributed by atoms with Crippen molar-refractivity contribution >= 4 is 11.8 Å². The fraction of sp³-hybridized carbons (Fsp3) is 0.250. The summed E-state index contributed by atoms with van der Waals surface area (Å²) in [6.07, 6.45) is 0.0617. The Morgan fingerprint density at radius 2 is 1.61 bits per heavy atom. The topological polar surface area (TPSA) is 73.9 Å². The lowest BCUT2D eigenvalue weighted by Gasteiger charge is -2.36. The van der Waals surface area contributed by atoms with Crippen molar-refractivity contribution in [1.29, 1.82) is 0 Å². The Balaban J connectivity index is 1.41. The molecule has 1 aliphatic heterocycles. The molecule has 4 aromatic carbocycles. The van der Waals surface area contributed by atoms with Crippen LogP contribution in [0, 0.1) is 0 Å². The number of rotatable bonds is 9.